The number of halogens is 1. The molecule has 2 aromatic carbocycles. The minimum atomic E-state index is -1.04. The molecule has 0 atom stereocenters. The lowest BCUT2D eigenvalue weighted by molar-refractivity contribution is 0.0697. The third kappa shape index (κ3) is 2.24. The third-order valence-electron chi connectivity index (χ3n) is 2.41. The maximum Gasteiger partial charge on any atom is 0.335 e. The number of hydrogen-bond acceptors (Lipinski definition) is 2. The Balaban J connectivity index is 2.63. The Labute approximate surface area is 103 Å². The molecule has 0 saturated heterocycles. The van der Waals surface area contributed by atoms with E-state index < -0.39 is 5.97 Å². The van der Waals surface area contributed by atoms with Crippen LogP contribution in [0.3, 0.4) is 0 Å². The number of aromatic carboxylic acids is 1. The van der Waals surface area contributed by atoms with Crippen molar-refractivity contribution in [2.24, 2.45) is 0 Å². The molecular weight excluding hydrogens is 240 g/mol. The lowest BCUT2D eigenvalue weighted by Gasteiger charge is -2.07. The highest BCUT2D eigenvalue weighted by molar-refractivity contribution is 6.33. The summed E-state index contributed by atoms with van der Waals surface area (Å²) in [4.78, 5) is 10.9. The second kappa shape index (κ2) is 4.47. The van der Waals surface area contributed by atoms with Gasteiger partial charge in [0.1, 0.15) is 5.75 Å². The van der Waals surface area contributed by atoms with Crippen LogP contribution in [0.25, 0.3) is 11.1 Å². The molecule has 0 saturated carbocycles. The Hall–Kier alpha value is -2.00. The molecule has 86 valence electrons. The van der Waals surface area contributed by atoms with E-state index in [-0.39, 0.29) is 11.3 Å². The first-order valence-corrected chi connectivity index (χ1v) is 5.28. The molecule has 2 rings (SSSR count). The van der Waals surface area contributed by atoms with Gasteiger partial charge in [0.2, 0.25) is 0 Å². The minimum Gasteiger partial charge on any atom is -0.507 e. The molecule has 4 heteroatoms. The smallest absolute Gasteiger partial charge is 0.335 e. The molecule has 0 aliphatic carbocycles. The van der Waals surface area contributed by atoms with Gasteiger partial charge < -0.3 is 10.2 Å². The number of phenols is 1. The van der Waals surface area contributed by atoms with Crippen LogP contribution in [0.5, 0.6) is 5.75 Å². The highest BCUT2D eigenvalue weighted by atomic mass is 35.5. The van der Waals surface area contributed by atoms with Gasteiger partial charge in [0.05, 0.1) is 5.56 Å². The summed E-state index contributed by atoms with van der Waals surface area (Å²) in [6, 6.07) is 11.0. The van der Waals surface area contributed by atoms with Crippen LogP contribution in [0, 0.1) is 0 Å². The van der Waals surface area contributed by atoms with Gasteiger partial charge >= 0.3 is 5.97 Å². The molecule has 0 spiro atoms. The highest BCUT2D eigenvalue weighted by Crippen LogP contribution is 2.34. The Bertz CT molecular complexity index is 579. The van der Waals surface area contributed by atoms with Crippen LogP contribution in [-0.2, 0) is 0 Å². The molecular formula is C13H9ClO3. The number of benzene rings is 2. The van der Waals surface area contributed by atoms with Crippen molar-refractivity contribution in [3.63, 3.8) is 0 Å². The Morgan fingerprint density at radius 1 is 1.06 bits per heavy atom. The van der Waals surface area contributed by atoms with Crippen LogP contribution in [-0.4, -0.2) is 16.2 Å². The van der Waals surface area contributed by atoms with Crippen LogP contribution < -0.4 is 0 Å². The zero-order valence-corrected chi connectivity index (χ0v) is 9.48. The Morgan fingerprint density at radius 2 is 1.76 bits per heavy atom. The van der Waals surface area contributed by atoms with Crippen molar-refractivity contribution in [1.29, 1.82) is 0 Å². The number of carboxylic acids is 1. The number of aromatic hydroxyl groups is 1. The van der Waals surface area contributed by atoms with Crippen LogP contribution in [0.15, 0.2) is 42.5 Å². The van der Waals surface area contributed by atoms with Crippen molar-refractivity contribution < 1.29 is 15.0 Å². The average Bonchev–Trinajstić information content (AvgIpc) is 2.30. The first-order chi connectivity index (χ1) is 8.09. The van der Waals surface area contributed by atoms with Gasteiger partial charge in [0, 0.05) is 16.1 Å². The van der Waals surface area contributed by atoms with Crippen molar-refractivity contribution in [2.45, 2.75) is 0 Å². The number of hydrogen-bond donors (Lipinski definition) is 2. The summed E-state index contributed by atoms with van der Waals surface area (Å²) in [6.07, 6.45) is 0. The van der Waals surface area contributed by atoms with Crippen LogP contribution >= 0.6 is 11.6 Å². The van der Waals surface area contributed by atoms with Crippen molar-refractivity contribution >= 4 is 17.6 Å². The van der Waals surface area contributed by atoms with E-state index in [0.29, 0.717) is 16.1 Å². The van der Waals surface area contributed by atoms with Crippen molar-refractivity contribution in [3.8, 4) is 16.9 Å². The van der Waals surface area contributed by atoms with Gasteiger partial charge in [-0.05, 0) is 24.3 Å². The lowest BCUT2D eigenvalue weighted by Crippen LogP contribution is -1.96. The maximum atomic E-state index is 10.9. The summed E-state index contributed by atoms with van der Waals surface area (Å²) in [5.41, 5.74) is 1.13. The van der Waals surface area contributed by atoms with Crippen molar-refractivity contribution in [1.82, 2.24) is 0 Å². The quantitative estimate of drug-likeness (QED) is 0.856. The van der Waals surface area contributed by atoms with E-state index >= 15 is 0 Å². The summed E-state index contributed by atoms with van der Waals surface area (Å²) in [5.74, 6) is -1.04. The average molecular weight is 249 g/mol. The van der Waals surface area contributed by atoms with Crippen LogP contribution in [0.1, 0.15) is 10.4 Å². The molecule has 3 nitrogen and oxygen atoms in total. The molecule has 0 heterocycles. The fourth-order valence-electron chi connectivity index (χ4n) is 1.56. The van der Waals surface area contributed by atoms with E-state index in [2.05, 4.69) is 0 Å². The first-order valence-electron chi connectivity index (χ1n) is 4.91. The van der Waals surface area contributed by atoms with E-state index in [1.165, 1.54) is 18.2 Å². The lowest BCUT2D eigenvalue weighted by atomic mass is 10.0. The molecule has 0 unspecified atom stereocenters. The van der Waals surface area contributed by atoms with E-state index in [9.17, 15) is 9.90 Å². The fraction of sp³-hybridized carbons (Fsp3) is 0. The second-order valence-corrected chi connectivity index (χ2v) is 3.92. The van der Waals surface area contributed by atoms with Crippen molar-refractivity contribution in [3.05, 3.63) is 53.1 Å². The van der Waals surface area contributed by atoms with Gasteiger partial charge in [-0.3, -0.25) is 0 Å². The predicted molar refractivity (Wildman–Crippen MR) is 65.5 cm³/mol. The largest absolute Gasteiger partial charge is 0.507 e. The van der Waals surface area contributed by atoms with Crippen LogP contribution in [0.4, 0.5) is 0 Å². The molecule has 0 aromatic heterocycles. The summed E-state index contributed by atoms with van der Waals surface area (Å²) < 4.78 is 0. The molecule has 0 amide bonds. The molecule has 0 aliphatic rings. The number of carbonyl (C=O) groups is 1. The zero-order chi connectivity index (χ0) is 12.4. The summed E-state index contributed by atoms with van der Waals surface area (Å²) >= 11 is 6.00. The maximum absolute atomic E-state index is 10.9. The highest BCUT2D eigenvalue weighted by Gasteiger charge is 2.11. The van der Waals surface area contributed by atoms with E-state index in [0.717, 1.165) is 0 Å². The second-order valence-electron chi connectivity index (χ2n) is 3.52. The van der Waals surface area contributed by atoms with Crippen molar-refractivity contribution in [2.75, 3.05) is 0 Å². The third-order valence-corrected chi connectivity index (χ3v) is 2.74. The molecule has 17 heavy (non-hydrogen) atoms. The molecule has 0 radical (unpaired) electrons. The Morgan fingerprint density at radius 3 is 2.41 bits per heavy atom. The predicted octanol–water partition coefficient (Wildman–Crippen LogP) is 3.41. The summed E-state index contributed by atoms with van der Waals surface area (Å²) in [6.45, 7) is 0. The first kappa shape index (κ1) is 11.5. The van der Waals surface area contributed by atoms with Gasteiger partial charge in [-0.15, -0.1) is 0 Å². The molecule has 0 fully saturated rings. The van der Waals surface area contributed by atoms with Gasteiger partial charge in [0.25, 0.3) is 0 Å². The van der Waals surface area contributed by atoms with E-state index in [1.807, 2.05) is 0 Å². The molecule has 0 aliphatic heterocycles. The number of rotatable bonds is 2. The number of carboxylic acid groups (broad SMARTS) is 1. The molecule has 2 N–H and O–H groups in total. The topological polar surface area (TPSA) is 57.5 Å². The molecule has 0 bridgehead atoms. The fourth-order valence-corrected chi connectivity index (χ4v) is 1.80. The van der Waals surface area contributed by atoms with Gasteiger partial charge in [-0.1, -0.05) is 29.8 Å². The Kier molecular flexibility index (Phi) is 3.02. The van der Waals surface area contributed by atoms with Crippen LogP contribution in [0.2, 0.25) is 5.02 Å². The van der Waals surface area contributed by atoms with Gasteiger partial charge in [0.15, 0.2) is 0 Å². The summed E-state index contributed by atoms with van der Waals surface area (Å²) in [7, 11) is 0. The summed E-state index contributed by atoms with van der Waals surface area (Å²) in [5, 5.41) is 19.1. The monoisotopic (exact) mass is 248 g/mol. The SMILES string of the molecule is O=C(O)c1ccc(O)c(-c2ccccc2Cl)c1. The minimum absolute atomic E-state index is 0.00287. The normalized spacial score (nSPS) is 10.2. The number of phenolic OH excluding ortho intramolecular Hbond substituents is 1. The molecule has 2 aromatic rings. The van der Waals surface area contributed by atoms with E-state index in [1.54, 1.807) is 24.3 Å². The van der Waals surface area contributed by atoms with E-state index in [4.69, 9.17) is 16.7 Å². The standard InChI is InChI=1S/C13H9ClO3/c14-11-4-2-1-3-9(11)10-7-8(13(16)17)5-6-12(10)15/h1-7,15H,(H,16,17). The van der Waals surface area contributed by atoms with Gasteiger partial charge in [-0.2, -0.15) is 0 Å². The zero-order valence-electron chi connectivity index (χ0n) is 8.72. The van der Waals surface area contributed by atoms with Gasteiger partial charge in [-0.25, -0.2) is 4.79 Å².